The molecule has 0 spiro atoms. The highest BCUT2D eigenvalue weighted by molar-refractivity contribution is 6.04. The van der Waals surface area contributed by atoms with Crippen LogP contribution >= 0.6 is 0 Å². The number of rotatable bonds is 7. The van der Waals surface area contributed by atoms with Gasteiger partial charge in [0.15, 0.2) is 0 Å². The number of anilines is 2. The first-order valence-electron chi connectivity index (χ1n) is 18.8. The molecule has 61 heavy (non-hydrogen) atoms. The highest BCUT2D eigenvalue weighted by Crippen LogP contribution is 2.31. The summed E-state index contributed by atoms with van der Waals surface area (Å²) < 4.78 is 52.6. The number of benzene rings is 6. The van der Waals surface area contributed by atoms with Gasteiger partial charge in [-0.05, 0) is 131 Å². The fourth-order valence-electron chi connectivity index (χ4n) is 6.30. The molecule has 7 nitrogen and oxygen atoms in total. The lowest BCUT2D eigenvalue weighted by Gasteiger charge is -2.11. The number of nitrogens with two attached hydrogens (primary N) is 1. The molecular formula is C50H38F4N4O3. The number of nitrogen functional groups attached to an aromatic ring is 1. The zero-order valence-electron chi connectivity index (χ0n) is 32.9. The molecule has 0 aliphatic rings. The van der Waals surface area contributed by atoms with E-state index in [1.54, 1.807) is 24.5 Å². The number of carboxylic acid groups (broad SMARTS) is 1. The molecule has 0 atom stereocenters. The molecule has 304 valence electrons. The normalized spacial score (nSPS) is 10.4. The number of aromatic nitrogens is 2. The van der Waals surface area contributed by atoms with E-state index in [1.807, 2.05) is 73.9 Å². The second-order valence-electron chi connectivity index (χ2n) is 13.7. The van der Waals surface area contributed by atoms with Gasteiger partial charge in [-0.3, -0.25) is 14.8 Å². The lowest BCUT2D eigenvalue weighted by atomic mass is 9.95. The van der Waals surface area contributed by atoms with Crippen molar-refractivity contribution in [1.29, 1.82) is 0 Å². The van der Waals surface area contributed by atoms with Crippen LogP contribution in [0.15, 0.2) is 170 Å². The van der Waals surface area contributed by atoms with E-state index >= 15 is 0 Å². The quantitative estimate of drug-likeness (QED) is 0.109. The van der Waals surface area contributed by atoms with E-state index in [0.29, 0.717) is 5.69 Å². The number of aryl methyl sites for hydroxylation is 2. The third kappa shape index (κ3) is 10.8. The molecule has 0 aliphatic carbocycles. The summed E-state index contributed by atoms with van der Waals surface area (Å²) in [5, 5.41) is 10.8. The van der Waals surface area contributed by atoms with Gasteiger partial charge in [-0.15, -0.1) is 0 Å². The molecule has 0 unspecified atom stereocenters. The molecule has 11 heteroatoms. The van der Waals surface area contributed by atoms with Crippen molar-refractivity contribution in [2.75, 3.05) is 11.1 Å². The van der Waals surface area contributed by atoms with Gasteiger partial charge in [0.2, 0.25) is 0 Å². The maximum absolute atomic E-state index is 13.8. The average Bonchev–Trinajstić information content (AvgIpc) is 3.26. The van der Waals surface area contributed by atoms with Crippen molar-refractivity contribution in [3.8, 4) is 44.5 Å². The van der Waals surface area contributed by atoms with Crippen LogP contribution in [0.1, 0.15) is 31.8 Å². The fraction of sp³-hybridized carbons (Fsp3) is 0.0400. The van der Waals surface area contributed by atoms with Gasteiger partial charge in [0.25, 0.3) is 5.91 Å². The van der Waals surface area contributed by atoms with Crippen LogP contribution in [0.5, 0.6) is 0 Å². The Balaban J connectivity index is 0.000000172. The van der Waals surface area contributed by atoms with E-state index in [4.69, 9.17) is 10.8 Å². The molecule has 4 N–H and O–H groups in total. The van der Waals surface area contributed by atoms with Crippen LogP contribution in [0.2, 0.25) is 0 Å². The number of hydrogen-bond donors (Lipinski definition) is 3. The van der Waals surface area contributed by atoms with Gasteiger partial charge in [-0.2, -0.15) is 0 Å². The van der Waals surface area contributed by atoms with Gasteiger partial charge in [0.05, 0.1) is 0 Å². The first-order chi connectivity index (χ1) is 29.4. The summed E-state index contributed by atoms with van der Waals surface area (Å²) in [6.45, 7) is 4.15. The van der Waals surface area contributed by atoms with Crippen LogP contribution in [0.3, 0.4) is 0 Å². The second-order valence-corrected chi connectivity index (χ2v) is 13.7. The summed E-state index contributed by atoms with van der Waals surface area (Å²) >= 11 is 0. The molecule has 8 aromatic rings. The summed E-state index contributed by atoms with van der Waals surface area (Å²) in [6, 6.07) is 42.0. The number of nitrogens with one attached hydrogen (secondary N) is 1. The Kier molecular flexibility index (Phi) is 13.8. The number of carbonyl (C=O) groups excluding carboxylic acids is 1. The first-order valence-corrected chi connectivity index (χ1v) is 18.8. The van der Waals surface area contributed by atoms with Gasteiger partial charge in [-0.25, -0.2) is 22.4 Å². The van der Waals surface area contributed by atoms with E-state index in [9.17, 15) is 27.2 Å². The van der Waals surface area contributed by atoms with E-state index < -0.39 is 46.3 Å². The van der Waals surface area contributed by atoms with Gasteiger partial charge in [0, 0.05) is 47.3 Å². The molecule has 0 saturated carbocycles. The first kappa shape index (κ1) is 42.7. The summed E-state index contributed by atoms with van der Waals surface area (Å²) in [6.07, 6.45) is 7.23. The Hall–Kier alpha value is -7.92. The molecule has 6 aromatic carbocycles. The zero-order valence-corrected chi connectivity index (χ0v) is 32.9. The van der Waals surface area contributed by atoms with Crippen molar-refractivity contribution in [1.82, 2.24) is 9.97 Å². The number of carbonyl (C=O) groups is 2. The second kappa shape index (κ2) is 19.7. The van der Waals surface area contributed by atoms with Crippen molar-refractivity contribution in [3.05, 3.63) is 216 Å². The minimum absolute atomic E-state index is 0.451. The van der Waals surface area contributed by atoms with Crippen LogP contribution in [0, 0.1) is 37.1 Å². The number of hydrogen-bond acceptors (Lipinski definition) is 5. The number of pyridine rings is 2. The van der Waals surface area contributed by atoms with E-state index in [2.05, 4.69) is 64.7 Å². The molecule has 0 bridgehead atoms. The third-order valence-corrected chi connectivity index (χ3v) is 9.51. The van der Waals surface area contributed by atoms with Crippen LogP contribution in [0.25, 0.3) is 44.5 Å². The maximum atomic E-state index is 13.8. The highest BCUT2D eigenvalue weighted by atomic mass is 19.1. The minimum atomic E-state index is -1.60. The summed E-state index contributed by atoms with van der Waals surface area (Å²) in [7, 11) is 0. The number of amides is 1. The van der Waals surface area contributed by atoms with E-state index in [1.165, 1.54) is 28.3 Å². The molecule has 1 amide bonds. The topological polar surface area (TPSA) is 118 Å². The number of aromatic carboxylic acids is 1. The molecule has 0 radical (unpaired) electrons. The molecule has 2 heterocycles. The van der Waals surface area contributed by atoms with Crippen LogP contribution in [-0.2, 0) is 0 Å². The standard InChI is InChI=1S/C25H18F2N2O.C18H16N2.C7H4F2O2/c1-16-7-8-18(19-4-3-13-28-15-19)14-21(16)17-9-11-20(12-10-17)29-25(30)24-22(26)5-2-6-23(24)27;1-13-4-5-15(16-3-2-10-20-12-16)11-18(13)14-6-8-17(19)9-7-14;8-4-2-1-3-5(9)6(4)7(10)11/h2-15H,1H3,(H,29,30);2-12H,19H2,1H3;1-3H,(H,10,11). The average molecular weight is 819 g/mol. The summed E-state index contributed by atoms with van der Waals surface area (Å²) in [5.74, 6) is -6.33. The predicted octanol–water partition coefficient (Wildman–Crippen LogP) is 12.2. The van der Waals surface area contributed by atoms with Crippen LogP contribution in [-0.4, -0.2) is 27.0 Å². The molecule has 0 fully saturated rings. The number of carboxylic acids is 1. The van der Waals surface area contributed by atoms with Gasteiger partial charge in [-0.1, -0.05) is 72.8 Å². The summed E-state index contributed by atoms with van der Waals surface area (Å²) in [5.41, 5.74) is 16.7. The zero-order chi connectivity index (χ0) is 43.5. The van der Waals surface area contributed by atoms with Crippen molar-refractivity contribution >= 4 is 23.3 Å². The largest absolute Gasteiger partial charge is 0.477 e. The Labute approximate surface area is 349 Å². The lowest BCUT2D eigenvalue weighted by molar-refractivity contribution is 0.0686. The highest BCUT2D eigenvalue weighted by Gasteiger charge is 2.18. The van der Waals surface area contributed by atoms with Gasteiger partial charge < -0.3 is 16.2 Å². The molecular weight excluding hydrogens is 781 g/mol. The minimum Gasteiger partial charge on any atom is -0.477 e. The monoisotopic (exact) mass is 818 g/mol. The van der Waals surface area contributed by atoms with Gasteiger partial charge >= 0.3 is 5.97 Å². The van der Waals surface area contributed by atoms with Crippen LogP contribution < -0.4 is 11.1 Å². The molecule has 8 rings (SSSR count). The molecule has 0 saturated heterocycles. The SMILES string of the molecule is Cc1ccc(-c2cccnc2)cc1-c1ccc(N)cc1.Cc1ccc(-c2cccnc2)cc1-c1ccc(NC(=O)c2c(F)cccc2F)cc1.O=C(O)c1c(F)cccc1F. The molecule has 2 aromatic heterocycles. The van der Waals surface area contributed by atoms with E-state index in [-0.39, 0.29) is 0 Å². The van der Waals surface area contributed by atoms with Crippen LogP contribution in [0.4, 0.5) is 28.9 Å². The molecule has 0 aliphatic heterocycles. The Morgan fingerprint density at radius 2 is 0.918 bits per heavy atom. The number of nitrogens with zero attached hydrogens (tertiary/aromatic N) is 2. The van der Waals surface area contributed by atoms with Crippen molar-refractivity contribution < 1.29 is 32.3 Å². The fourth-order valence-corrected chi connectivity index (χ4v) is 6.30. The third-order valence-electron chi connectivity index (χ3n) is 9.51. The predicted molar refractivity (Wildman–Crippen MR) is 232 cm³/mol. The number of halogens is 4. The lowest BCUT2D eigenvalue weighted by Crippen LogP contribution is -2.15. The van der Waals surface area contributed by atoms with Crippen molar-refractivity contribution in [2.45, 2.75) is 13.8 Å². The Morgan fingerprint density at radius 1 is 0.508 bits per heavy atom. The Bertz CT molecular complexity index is 2750. The Morgan fingerprint density at radius 3 is 1.31 bits per heavy atom. The van der Waals surface area contributed by atoms with Gasteiger partial charge in [0.1, 0.15) is 34.4 Å². The van der Waals surface area contributed by atoms with Crippen molar-refractivity contribution in [2.24, 2.45) is 0 Å². The smallest absolute Gasteiger partial charge is 0.341 e. The maximum Gasteiger partial charge on any atom is 0.341 e. The van der Waals surface area contributed by atoms with Crippen molar-refractivity contribution in [3.63, 3.8) is 0 Å². The van der Waals surface area contributed by atoms with E-state index in [0.717, 1.165) is 69.4 Å². The summed E-state index contributed by atoms with van der Waals surface area (Å²) in [4.78, 5) is 30.8.